The highest BCUT2D eigenvalue weighted by atomic mass is 31.2. The van der Waals surface area contributed by atoms with E-state index in [9.17, 15) is 14.6 Å². The van der Waals surface area contributed by atoms with Gasteiger partial charge >= 0.3 is 7.82 Å². The van der Waals surface area contributed by atoms with Crippen LogP contribution in [0.1, 0.15) is 200 Å². The fourth-order valence-corrected chi connectivity index (χ4v) is 7.32. The van der Waals surface area contributed by atoms with Crippen LogP contribution in [0.25, 0.3) is 0 Å². The molecule has 0 amide bonds. The van der Waals surface area contributed by atoms with E-state index < -0.39 is 33.2 Å². The number of rotatable bonds is 39. The Morgan fingerprint density at radius 1 is 0.612 bits per heavy atom. The Kier molecular flexibility index (Phi) is 36.8. The van der Waals surface area contributed by atoms with Crippen LogP contribution >= 0.6 is 7.82 Å². The lowest BCUT2D eigenvalue weighted by Crippen LogP contribution is -2.31. The second kappa shape index (κ2) is 37.2. The first-order valence-corrected chi connectivity index (χ1v) is 22.4. The Hall–Kier alpha value is -0.530. The van der Waals surface area contributed by atoms with Gasteiger partial charge in [0.05, 0.1) is 19.3 Å². The molecule has 0 aromatic carbocycles. The predicted octanol–water partition coefficient (Wildman–Crippen LogP) is 11.9. The Morgan fingerprint density at radius 2 is 1.00 bits per heavy atom. The van der Waals surface area contributed by atoms with Crippen molar-refractivity contribution in [2.24, 2.45) is 11.7 Å². The summed E-state index contributed by atoms with van der Waals surface area (Å²) < 4.78 is 23.0. The summed E-state index contributed by atoms with van der Waals surface area (Å²) in [6.45, 7) is 3.60. The van der Waals surface area contributed by atoms with E-state index in [2.05, 4.69) is 38.2 Å². The van der Waals surface area contributed by atoms with Crippen LogP contribution in [-0.4, -0.2) is 47.1 Å². The summed E-state index contributed by atoms with van der Waals surface area (Å²) >= 11 is 0. The minimum atomic E-state index is -4.43. The lowest BCUT2D eigenvalue weighted by Gasteiger charge is -2.26. The lowest BCUT2D eigenvalue weighted by molar-refractivity contribution is 0.0245. The number of aliphatic hydroxyl groups excluding tert-OH is 2. The molecular weight excluding hydrogens is 633 g/mol. The molecule has 49 heavy (non-hydrogen) atoms. The molecule has 0 aromatic heterocycles. The summed E-state index contributed by atoms with van der Waals surface area (Å²) in [6, 6.07) is 0. The number of aliphatic hydroxyl groups is 2. The summed E-state index contributed by atoms with van der Waals surface area (Å²) in [5, 5.41) is 18.5. The van der Waals surface area contributed by atoms with E-state index in [1.807, 2.05) is 0 Å². The Morgan fingerprint density at radius 3 is 1.41 bits per heavy atom. The number of nitrogens with two attached hydrogens (primary N) is 1. The Labute approximate surface area is 303 Å². The molecule has 7 nitrogen and oxygen atoms in total. The first kappa shape index (κ1) is 48.5. The molecule has 5 N–H and O–H groups in total. The number of unbranched alkanes of at least 4 members (excludes halogenated alkanes) is 25. The molecule has 0 spiro atoms. The van der Waals surface area contributed by atoms with E-state index in [1.54, 1.807) is 0 Å². The second-order valence-corrected chi connectivity index (χ2v) is 15.7. The standard InChI is InChI=1S/C41H82NO6P/c1-3-5-7-9-11-13-15-17-19-21-23-25-27-29-31-33-35-39(41(36-42)48-49(45,46)47-38-40(44)37-43)34-32-30-28-26-24-22-20-18-16-14-12-10-8-6-4-2/h18,20,33,35,39-41,43-44H,3-17,19,21-32,34,36-38,42H2,1-2H3,(H,45,46)/b20-18-,35-33-/t39?,40-,41?/m1/s1. The molecule has 0 aliphatic rings. The monoisotopic (exact) mass is 716 g/mol. The predicted molar refractivity (Wildman–Crippen MR) is 210 cm³/mol. The van der Waals surface area contributed by atoms with Crippen LogP contribution in [0.4, 0.5) is 0 Å². The number of phosphoric acid groups is 1. The normalized spacial score (nSPS) is 15.3. The molecule has 0 saturated carbocycles. The number of allylic oxidation sites excluding steroid dienone is 3. The molecule has 0 aliphatic carbocycles. The second-order valence-electron chi connectivity index (χ2n) is 14.3. The van der Waals surface area contributed by atoms with E-state index in [1.165, 1.54) is 148 Å². The fourth-order valence-electron chi connectivity index (χ4n) is 6.32. The minimum Gasteiger partial charge on any atom is -0.394 e. The zero-order valence-corrected chi connectivity index (χ0v) is 33.2. The average Bonchev–Trinajstić information content (AvgIpc) is 3.10. The maximum absolute atomic E-state index is 12.6. The van der Waals surface area contributed by atoms with Crippen molar-refractivity contribution in [3.8, 4) is 0 Å². The quantitative estimate of drug-likeness (QED) is 0.0284. The zero-order chi connectivity index (χ0) is 36.1. The van der Waals surface area contributed by atoms with Crippen molar-refractivity contribution in [3.05, 3.63) is 24.3 Å². The van der Waals surface area contributed by atoms with Gasteiger partial charge in [0.25, 0.3) is 0 Å². The van der Waals surface area contributed by atoms with Crippen LogP contribution < -0.4 is 5.73 Å². The molecule has 0 heterocycles. The number of hydrogen-bond donors (Lipinski definition) is 4. The van der Waals surface area contributed by atoms with Gasteiger partial charge in [0.2, 0.25) is 0 Å². The van der Waals surface area contributed by atoms with E-state index in [-0.39, 0.29) is 12.5 Å². The van der Waals surface area contributed by atoms with Crippen molar-refractivity contribution in [3.63, 3.8) is 0 Å². The molecule has 4 atom stereocenters. The van der Waals surface area contributed by atoms with Crippen LogP contribution in [0.15, 0.2) is 24.3 Å². The summed E-state index contributed by atoms with van der Waals surface area (Å²) in [4.78, 5) is 10.3. The molecule has 8 heteroatoms. The van der Waals surface area contributed by atoms with Gasteiger partial charge in [-0.1, -0.05) is 179 Å². The molecule has 0 saturated heterocycles. The molecular formula is C41H82NO6P. The van der Waals surface area contributed by atoms with Crippen molar-refractivity contribution in [1.82, 2.24) is 0 Å². The molecule has 0 bridgehead atoms. The number of phosphoric ester groups is 1. The average molecular weight is 716 g/mol. The maximum atomic E-state index is 12.6. The van der Waals surface area contributed by atoms with Crippen LogP contribution in [0, 0.1) is 5.92 Å². The molecule has 0 aromatic rings. The van der Waals surface area contributed by atoms with E-state index in [0.717, 1.165) is 38.5 Å². The first-order valence-electron chi connectivity index (χ1n) is 20.9. The van der Waals surface area contributed by atoms with E-state index in [4.69, 9.17) is 19.9 Å². The van der Waals surface area contributed by atoms with E-state index in [0.29, 0.717) is 0 Å². The van der Waals surface area contributed by atoms with Gasteiger partial charge in [-0.3, -0.25) is 9.05 Å². The van der Waals surface area contributed by atoms with Gasteiger partial charge in [0, 0.05) is 12.5 Å². The summed E-state index contributed by atoms with van der Waals surface area (Å²) in [5.74, 6) is -0.0895. The van der Waals surface area contributed by atoms with Gasteiger partial charge < -0.3 is 20.8 Å². The molecule has 0 fully saturated rings. The van der Waals surface area contributed by atoms with Crippen LogP contribution in [0.2, 0.25) is 0 Å². The third kappa shape index (κ3) is 34.3. The van der Waals surface area contributed by atoms with Gasteiger partial charge in [0.15, 0.2) is 0 Å². The van der Waals surface area contributed by atoms with Crippen molar-refractivity contribution < 1.29 is 28.7 Å². The lowest BCUT2D eigenvalue weighted by atomic mass is 9.94. The highest BCUT2D eigenvalue weighted by Gasteiger charge is 2.30. The SMILES string of the molecule is CCCCCCCC/C=C\CCCCCCCC(/C=C\CCCCCCCCCCCCCCCC)C(CN)OP(=O)(O)OC[C@H](O)CO. The number of hydrogen-bond acceptors (Lipinski definition) is 6. The molecule has 0 radical (unpaired) electrons. The van der Waals surface area contributed by atoms with Gasteiger partial charge in [-0.2, -0.15) is 0 Å². The van der Waals surface area contributed by atoms with Crippen molar-refractivity contribution >= 4 is 7.82 Å². The van der Waals surface area contributed by atoms with Gasteiger partial charge in [-0.25, -0.2) is 4.57 Å². The van der Waals surface area contributed by atoms with Crippen molar-refractivity contribution in [2.45, 2.75) is 212 Å². The smallest absolute Gasteiger partial charge is 0.394 e. The van der Waals surface area contributed by atoms with Gasteiger partial charge in [-0.15, -0.1) is 0 Å². The van der Waals surface area contributed by atoms with Crippen LogP contribution in [0.5, 0.6) is 0 Å². The first-order chi connectivity index (χ1) is 23.9. The summed E-state index contributed by atoms with van der Waals surface area (Å²) in [6.07, 6.45) is 43.9. The minimum absolute atomic E-state index is 0.0895. The van der Waals surface area contributed by atoms with E-state index >= 15 is 0 Å². The molecule has 292 valence electrons. The Bertz CT molecular complexity index is 779. The summed E-state index contributed by atoms with van der Waals surface area (Å²) in [7, 11) is -4.43. The zero-order valence-electron chi connectivity index (χ0n) is 32.3. The van der Waals surface area contributed by atoms with Crippen molar-refractivity contribution in [1.29, 1.82) is 0 Å². The third-order valence-corrected chi connectivity index (χ3v) is 10.5. The summed E-state index contributed by atoms with van der Waals surface area (Å²) in [5.41, 5.74) is 6.04. The topological polar surface area (TPSA) is 122 Å². The molecule has 0 aliphatic heterocycles. The fraction of sp³-hybridized carbons (Fsp3) is 0.902. The largest absolute Gasteiger partial charge is 0.472 e. The van der Waals surface area contributed by atoms with Gasteiger partial charge in [0.1, 0.15) is 6.10 Å². The van der Waals surface area contributed by atoms with Crippen molar-refractivity contribution in [2.75, 3.05) is 19.8 Å². The highest BCUT2D eigenvalue weighted by molar-refractivity contribution is 7.47. The molecule has 3 unspecified atom stereocenters. The highest BCUT2D eigenvalue weighted by Crippen LogP contribution is 2.46. The Balaban J connectivity index is 4.44. The third-order valence-electron chi connectivity index (χ3n) is 9.53. The van der Waals surface area contributed by atoms with Gasteiger partial charge in [-0.05, 0) is 44.9 Å². The van der Waals surface area contributed by atoms with Crippen LogP contribution in [-0.2, 0) is 13.6 Å². The maximum Gasteiger partial charge on any atom is 0.472 e. The molecule has 0 rings (SSSR count). The van der Waals surface area contributed by atoms with Crippen LogP contribution in [0.3, 0.4) is 0 Å².